The molecule has 0 bridgehead atoms. The Morgan fingerprint density at radius 2 is 0.872 bits per heavy atom. The van der Waals surface area contributed by atoms with E-state index in [1.807, 2.05) is 18.2 Å². The van der Waals surface area contributed by atoms with Crippen LogP contribution in [0.15, 0.2) is 78.9 Å². The standard InChI is InChI=1S/C17H18N2.C7H6.3C6H11.2ClH.Ru/c1-14-7-3-5-9-16(14)18-11-12-19(13-18)17-10-6-4-8-15(17)2;1-7-5-3-2-4-6-7;3*1-2-4-6-5-3-1;;;/h3-10H,11-12H2,1-2H3;1-6H;3*1H,2-6H2;2*1H;/q;;3*-1;;;+2/p-2. The summed E-state index contributed by atoms with van der Waals surface area (Å²) in [6.07, 6.45) is 28.5. The van der Waals surface area contributed by atoms with E-state index >= 15 is 0 Å². The van der Waals surface area contributed by atoms with Crippen molar-refractivity contribution in [3.05, 3.63) is 115 Å². The summed E-state index contributed by atoms with van der Waals surface area (Å²) in [6.45, 7) is 6.00. The van der Waals surface area contributed by atoms with E-state index in [2.05, 4.69) is 108 Å². The number of rotatable bonds is 3. The molecule has 0 radical (unpaired) electrons. The number of benzene rings is 3. The van der Waals surface area contributed by atoms with Crippen LogP contribution in [-0.4, -0.2) is 22.1 Å². The molecule has 2 nitrogen and oxygen atoms in total. The van der Waals surface area contributed by atoms with Gasteiger partial charge in [-0.05, 0) is 0 Å². The monoisotopic (exact) mass is 761 g/mol. The summed E-state index contributed by atoms with van der Waals surface area (Å²) < 4.78 is 3.13. The molecular weight excluding hydrogens is 704 g/mol. The summed E-state index contributed by atoms with van der Waals surface area (Å²) in [4.78, 5) is 4.65. The second-order valence-corrected chi connectivity index (χ2v) is 22.1. The minimum atomic E-state index is -3.36. The molecule has 3 aliphatic carbocycles. The molecule has 4 aliphatic rings. The zero-order valence-corrected chi connectivity index (χ0v) is 32.1. The fraction of sp³-hybridized carbons (Fsp3) is 0.452. The Morgan fingerprint density at radius 1 is 0.511 bits per heavy atom. The van der Waals surface area contributed by atoms with Crippen molar-refractivity contribution in [1.82, 2.24) is 0 Å². The van der Waals surface area contributed by atoms with Crippen molar-refractivity contribution in [3.8, 4) is 0 Å². The largest absolute Gasteiger partial charge is 0.328 e. The predicted molar refractivity (Wildman–Crippen MR) is 208 cm³/mol. The van der Waals surface area contributed by atoms with Crippen LogP contribution in [0.1, 0.15) is 113 Å². The zero-order valence-electron chi connectivity index (χ0n) is 28.8. The predicted octanol–water partition coefficient (Wildman–Crippen LogP) is 12.5. The first-order chi connectivity index (χ1) is 23.0. The Morgan fingerprint density at radius 3 is 1.19 bits per heavy atom. The molecule has 47 heavy (non-hydrogen) atoms. The van der Waals surface area contributed by atoms with Crippen LogP contribution in [0, 0.1) is 33.1 Å². The molecule has 5 heteroatoms. The molecule has 0 aromatic heterocycles. The second-order valence-electron chi connectivity index (χ2n) is 12.9. The van der Waals surface area contributed by atoms with Crippen LogP contribution in [0.5, 0.6) is 0 Å². The van der Waals surface area contributed by atoms with E-state index in [9.17, 15) is 0 Å². The number of para-hydroxylation sites is 2. The van der Waals surface area contributed by atoms with Gasteiger partial charge in [0.25, 0.3) is 0 Å². The van der Waals surface area contributed by atoms with Crippen molar-refractivity contribution in [1.29, 1.82) is 0 Å². The van der Waals surface area contributed by atoms with Gasteiger partial charge in [-0.3, -0.25) is 0 Å². The van der Waals surface area contributed by atoms with Crippen LogP contribution in [0.25, 0.3) is 0 Å². The first kappa shape index (κ1) is 38.0. The molecule has 1 saturated heterocycles. The fourth-order valence-corrected chi connectivity index (χ4v) is 12.5. The molecule has 0 amide bonds. The quantitative estimate of drug-likeness (QED) is 0.194. The van der Waals surface area contributed by atoms with Crippen LogP contribution in [0.2, 0.25) is 0 Å². The van der Waals surface area contributed by atoms with Gasteiger partial charge in [-0.2, -0.15) is 38.5 Å². The Kier molecular flexibility index (Phi) is 17.2. The van der Waals surface area contributed by atoms with Crippen molar-refractivity contribution < 1.29 is 11.9 Å². The van der Waals surface area contributed by atoms with Crippen LogP contribution in [0.3, 0.4) is 0 Å². The number of aryl methyl sites for hydroxylation is 2. The number of hydrogen-bond donors (Lipinski definition) is 0. The summed E-state index contributed by atoms with van der Waals surface area (Å²) in [5.41, 5.74) is 5.86. The van der Waals surface area contributed by atoms with Crippen molar-refractivity contribution in [3.63, 3.8) is 0 Å². The van der Waals surface area contributed by atoms with Gasteiger partial charge < -0.3 is 19.3 Å². The third kappa shape index (κ3) is 12.9. The molecule has 0 N–H and O–H groups in total. The number of hydrogen-bond acceptors (Lipinski definition) is 2. The third-order valence-electron chi connectivity index (χ3n) is 9.00. The Balaban J connectivity index is 0.000000222. The van der Waals surface area contributed by atoms with Crippen molar-refractivity contribution in [2.24, 2.45) is 0 Å². The summed E-state index contributed by atoms with van der Waals surface area (Å²) in [7, 11) is 14.5. The molecule has 260 valence electrons. The first-order valence-electron chi connectivity index (χ1n) is 18.0. The van der Waals surface area contributed by atoms with Crippen LogP contribution in [-0.2, 0) is 11.9 Å². The summed E-state index contributed by atoms with van der Waals surface area (Å²) in [5.74, 6) is 0. The Labute approximate surface area is 297 Å². The molecule has 3 aromatic rings. The van der Waals surface area contributed by atoms with E-state index in [4.69, 9.17) is 19.4 Å². The van der Waals surface area contributed by atoms with E-state index in [1.165, 1.54) is 119 Å². The zero-order chi connectivity index (χ0) is 33.2. The SMILES string of the molecule is Cc1ccccc1N1CCN(c2ccccc2C)[C]1=[Ru]([Cl])([Cl])=[CH]c1ccccc1.[CH-]1CCCCC1.[CH-]1CCCCC1.[CH-]1CCCCC1. The van der Waals surface area contributed by atoms with Crippen molar-refractivity contribution >= 4 is 39.7 Å². The summed E-state index contributed by atoms with van der Waals surface area (Å²) in [5, 5.41) is 0. The molecule has 0 unspecified atom stereocenters. The Hall–Kier alpha value is -1.80. The van der Waals surface area contributed by atoms with E-state index in [1.54, 1.807) is 0 Å². The maximum atomic E-state index is 7.23. The van der Waals surface area contributed by atoms with Gasteiger partial charge in [0.1, 0.15) is 0 Å². The molecule has 1 heterocycles. The molecule has 3 saturated carbocycles. The second kappa shape index (κ2) is 21.3. The topological polar surface area (TPSA) is 6.48 Å². The number of halogens is 2. The molecule has 0 spiro atoms. The number of nitrogens with zero attached hydrogens (tertiary/aromatic N) is 2. The Bertz CT molecular complexity index is 1310. The summed E-state index contributed by atoms with van der Waals surface area (Å²) in [6, 6.07) is 27.0. The molecular formula is C42H57Cl2N2Ru-3. The fourth-order valence-electron chi connectivity index (χ4n) is 6.36. The average Bonchev–Trinajstić information content (AvgIpc) is 3.58. The van der Waals surface area contributed by atoms with E-state index < -0.39 is 11.9 Å². The van der Waals surface area contributed by atoms with Crippen LogP contribution >= 0.6 is 19.4 Å². The van der Waals surface area contributed by atoms with Gasteiger partial charge in [0.15, 0.2) is 0 Å². The van der Waals surface area contributed by atoms with Crippen LogP contribution < -0.4 is 9.80 Å². The maximum Gasteiger partial charge on any atom is -0.0582 e. The average molecular weight is 762 g/mol. The maximum absolute atomic E-state index is 7.23. The van der Waals surface area contributed by atoms with E-state index in [0.29, 0.717) is 0 Å². The first-order valence-corrected chi connectivity index (χ1v) is 24.3. The van der Waals surface area contributed by atoms with Gasteiger partial charge in [-0.25, -0.2) is 0 Å². The van der Waals surface area contributed by atoms with Crippen LogP contribution in [0.4, 0.5) is 11.4 Å². The van der Waals surface area contributed by atoms with Gasteiger partial charge in [0, 0.05) is 0 Å². The minimum Gasteiger partial charge on any atom is -0.328 e. The molecule has 0 atom stereocenters. The van der Waals surface area contributed by atoms with Gasteiger partial charge in [0.2, 0.25) is 0 Å². The normalized spacial score (nSPS) is 18.4. The molecule has 4 fully saturated rings. The van der Waals surface area contributed by atoms with Crippen molar-refractivity contribution in [2.45, 2.75) is 110 Å². The van der Waals surface area contributed by atoms with Gasteiger partial charge in [-0.1, -0.05) is 57.8 Å². The van der Waals surface area contributed by atoms with Crippen molar-refractivity contribution in [2.75, 3.05) is 22.9 Å². The smallest absolute Gasteiger partial charge is 0.0582 e. The van der Waals surface area contributed by atoms with E-state index in [0.717, 1.165) is 23.0 Å². The van der Waals surface area contributed by atoms with Gasteiger partial charge >= 0.3 is 184 Å². The van der Waals surface area contributed by atoms with E-state index in [-0.39, 0.29) is 0 Å². The number of anilines is 2. The molecule has 1 aliphatic heterocycles. The summed E-state index contributed by atoms with van der Waals surface area (Å²) >= 11 is -3.36. The van der Waals surface area contributed by atoms with Gasteiger partial charge in [0.05, 0.1) is 0 Å². The molecule has 7 rings (SSSR count). The minimum absolute atomic E-state index is 0.860. The van der Waals surface area contributed by atoms with Gasteiger partial charge in [-0.15, -0.1) is 0 Å². The molecule has 3 aromatic carbocycles. The third-order valence-corrected chi connectivity index (χ3v) is 14.5.